The van der Waals surface area contributed by atoms with E-state index in [0.717, 1.165) is 0 Å². The predicted octanol–water partition coefficient (Wildman–Crippen LogP) is 2.23. The lowest BCUT2D eigenvalue weighted by Gasteiger charge is -2.07. The third-order valence-corrected chi connectivity index (χ3v) is 2.05. The van der Waals surface area contributed by atoms with Crippen LogP contribution >= 0.6 is 11.6 Å². The Morgan fingerprint density at radius 1 is 1.53 bits per heavy atom. The molecule has 4 nitrogen and oxygen atoms in total. The molecule has 0 heterocycles. The first-order valence-corrected chi connectivity index (χ1v) is 4.71. The van der Waals surface area contributed by atoms with Gasteiger partial charge in [-0.25, -0.2) is 4.79 Å². The van der Waals surface area contributed by atoms with Gasteiger partial charge < -0.3 is 14.6 Å². The average molecular weight is 231 g/mol. The van der Waals surface area contributed by atoms with Gasteiger partial charge in [0.2, 0.25) is 0 Å². The smallest absolute Gasteiger partial charge is 0.338 e. The van der Waals surface area contributed by atoms with Crippen molar-refractivity contribution in [3.05, 3.63) is 22.7 Å². The summed E-state index contributed by atoms with van der Waals surface area (Å²) in [7, 11) is 1.38. The fraction of sp³-hybridized carbons (Fsp3) is 0.300. The van der Waals surface area contributed by atoms with Gasteiger partial charge in [-0.3, -0.25) is 0 Å². The fourth-order valence-electron chi connectivity index (χ4n) is 1.06. The highest BCUT2D eigenvalue weighted by atomic mass is 35.5. The molecule has 1 N–H and O–H groups in total. The molecule has 0 unspecified atom stereocenters. The lowest BCUT2D eigenvalue weighted by Crippen LogP contribution is -2.04. The Kier molecular flexibility index (Phi) is 3.80. The van der Waals surface area contributed by atoms with Gasteiger partial charge in [-0.05, 0) is 19.1 Å². The van der Waals surface area contributed by atoms with Crippen molar-refractivity contribution in [1.29, 1.82) is 0 Å². The maximum Gasteiger partial charge on any atom is 0.338 e. The van der Waals surface area contributed by atoms with Crippen molar-refractivity contribution in [2.75, 3.05) is 13.7 Å². The van der Waals surface area contributed by atoms with E-state index >= 15 is 0 Å². The van der Waals surface area contributed by atoms with Crippen LogP contribution in [0.4, 0.5) is 0 Å². The molecule has 0 aliphatic rings. The molecule has 0 radical (unpaired) electrons. The first-order chi connectivity index (χ1) is 7.10. The number of hydrogen-bond acceptors (Lipinski definition) is 4. The zero-order valence-corrected chi connectivity index (χ0v) is 9.17. The number of rotatable bonds is 3. The SMILES string of the molecule is CCOC(=O)c1cc(Cl)c(O)c(OC)c1. The Hall–Kier alpha value is -1.42. The van der Waals surface area contributed by atoms with Crippen LogP contribution in [0.25, 0.3) is 0 Å². The van der Waals surface area contributed by atoms with Gasteiger partial charge in [-0.2, -0.15) is 0 Å². The number of aromatic hydroxyl groups is 1. The van der Waals surface area contributed by atoms with E-state index in [1.54, 1.807) is 6.92 Å². The molecule has 0 saturated carbocycles. The normalized spacial score (nSPS) is 9.80. The van der Waals surface area contributed by atoms with Crippen LogP contribution in [0.15, 0.2) is 12.1 Å². The number of carbonyl (C=O) groups excluding carboxylic acids is 1. The van der Waals surface area contributed by atoms with Gasteiger partial charge in [0.15, 0.2) is 11.5 Å². The van der Waals surface area contributed by atoms with Crippen LogP contribution < -0.4 is 4.74 Å². The Balaban J connectivity index is 3.10. The highest BCUT2D eigenvalue weighted by Gasteiger charge is 2.14. The summed E-state index contributed by atoms with van der Waals surface area (Å²) in [6, 6.07) is 2.70. The topological polar surface area (TPSA) is 55.8 Å². The Morgan fingerprint density at radius 3 is 2.73 bits per heavy atom. The molecule has 0 atom stereocenters. The lowest BCUT2D eigenvalue weighted by molar-refractivity contribution is 0.0526. The van der Waals surface area contributed by atoms with Crippen molar-refractivity contribution >= 4 is 17.6 Å². The maximum atomic E-state index is 11.4. The van der Waals surface area contributed by atoms with Gasteiger partial charge in [0.1, 0.15) is 0 Å². The molecule has 0 aromatic heterocycles. The van der Waals surface area contributed by atoms with Gasteiger partial charge in [0.25, 0.3) is 0 Å². The van der Waals surface area contributed by atoms with Gasteiger partial charge in [-0.1, -0.05) is 11.6 Å². The Morgan fingerprint density at radius 2 is 2.20 bits per heavy atom. The second kappa shape index (κ2) is 4.89. The van der Waals surface area contributed by atoms with E-state index < -0.39 is 5.97 Å². The lowest BCUT2D eigenvalue weighted by atomic mass is 10.2. The maximum absolute atomic E-state index is 11.4. The number of hydrogen-bond donors (Lipinski definition) is 1. The minimum atomic E-state index is -0.502. The monoisotopic (exact) mass is 230 g/mol. The summed E-state index contributed by atoms with van der Waals surface area (Å²) in [5, 5.41) is 9.48. The van der Waals surface area contributed by atoms with E-state index in [1.807, 2.05) is 0 Å². The molecule has 0 bridgehead atoms. The number of benzene rings is 1. The van der Waals surface area contributed by atoms with Gasteiger partial charge in [-0.15, -0.1) is 0 Å². The van der Waals surface area contributed by atoms with E-state index in [2.05, 4.69) is 0 Å². The second-order valence-corrected chi connectivity index (χ2v) is 3.14. The quantitative estimate of drug-likeness (QED) is 0.809. The largest absolute Gasteiger partial charge is 0.503 e. The summed E-state index contributed by atoms with van der Waals surface area (Å²) in [5.74, 6) is -0.546. The first-order valence-electron chi connectivity index (χ1n) is 4.33. The van der Waals surface area contributed by atoms with Crippen LogP contribution in [-0.4, -0.2) is 24.8 Å². The molecule has 0 amide bonds. The van der Waals surface area contributed by atoms with E-state index in [4.69, 9.17) is 21.1 Å². The molecule has 82 valence electrons. The molecule has 0 saturated heterocycles. The van der Waals surface area contributed by atoms with Crippen molar-refractivity contribution in [3.8, 4) is 11.5 Å². The summed E-state index contributed by atoms with van der Waals surface area (Å²) < 4.78 is 9.64. The standard InChI is InChI=1S/C10H11ClO4/c1-3-15-10(13)6-4-7(11)9(12)8(5-6)14-2/h4-5,12H,3H2,1-2H3. The number of esters is 1. The fourth-order valence-corrected chi connectivity index (χ4v) is 1.27. The zero-order valence-electron chi connectivity index (χ0n) is 8.41. The molecule has 1 aromatic rings. The third kappa shape index (κ3) is 2.53. The molecular weight excluding hydrogens is 220 g/mol. The van der Waals surface area contributed by atoms with Crippen LogP contribution in [-0.2, 0) is 4.74 Å². The minimum Gasteiger partial charge on any atom is -0.503 e. The predicted molar refractivity (Wildman–Crippen MR) is 55.6 cm³/mol. The molecule has 0 spiro atoms. The van der Waals surface area contributed by atoms with Crippen molar-refractivity contribution in [3.63, 3.8) is 0 Å². The molecule has 0 fully saturated rings. The zero-order chi connectivity index (χ0) is 11.4. The van der Waals surface area contributed by atoms with Crippen LogP contribution in [0.5, 0.6) is 11.5 Å². The highest BCUT2D eigenvalue weighted by Crippen LogP contribution is 2.34. The first kappa shape index (κ1) is 11.7. The average Bonchev–Trinajstić information content (AvgIpc) is 2.22. The molecule has 5 heteroatoms. The van der Waals surface area contributed by atoms with Crippen molar-refractivity contribution in [2.45, 2.75) is 6.92 Å². The number of halogens is 1. The van der Waals surface area contributed by atoms with E-state index in [9.17, 15) is 9.90 Å². The summed E-state index contributed by atoms with van der Waals surface area (Å²) in [4.78, 5) is 11.4. The number of ether oxygens (including phenoxy) is 2. The van der Waals surface area contributed by atoms with Crippen molar-refractivity contribution in [2.24, 2.45) is 0 Å². The third-order valence-electron chi connectivity index (χ3n) is 1.76. The van der Waals surface area contributed by atoms with Crippen LogP contribution in [0.3, 0.4) is 0 Å². The number of phenols is 1. The van der Waals surface area contributed by atoms with E-state index in [1.165, 1.54) is 19.2 Å². The van der Waals surface area contributed by atoms with E-state index in [0.29, 0.717) is 0 Å². The summed E-state index contributed by atoms with van der Waals surface area (Å²) in [5.41, 5.74) is 0.247. The van der Waals surface area contributed by atoms with Crippen molar-refractivity contribution in [1.82, 2.24) is 0 Å². The molecule has 1 rings (SSSR count). The highest BCUT2D eigenvalue weighted by molar-refractivity contribution is 6.32. The van der Waals surface area contributed by atoms with Crippen LogP contribution in [0, 0.1) is 0 Å². The van der Waals surface area contributed by atoms with Gasteiger partial charge in [0.05, 0.1) is 24.3 Å². The Labute approximate surface area is 92.4 Å². The van der Waals surface area contributed by atoms with Crippen molar-refractivity contribution < 1.29 is 19.4 Å². The second-order valence-electron chi connectivity index (χ2n) is 2.73. The van der Waals surface area contributed by atoms with Crippen LogP contribution in [0.2, 0.25) is 5.02 Å². The van der Waals surface area contributed by atoms with E-state index in [-0.39, 0.29) is 28.7 Å². The van der Waals surface area contributed by atoms with Gasteiger partial charge in [0, 0.05) is 0 Å². The molecule has 1 aromatic carbocycles. The number of phenolic OH excluding ortho intramolecular Hbond substituents is 1. The molecule has 0 aliphatic heterocycles. The number of methoxy groups -OCH3 is 1. The molecule has 0 aliphatic carbocycles. The number of carbonyl (C=O) groups is 1. The summed E-state index contributed by atoms with van der Waals surface area (Å²) in [6.07, 6.45) is 0. The minimum absolute atomic E-state index is 0.0532. The van der Waals surface area contributed by atoms with Gasteiger partial charge >= 0.3 is 5.97 Å². The molecular formula is C10H11ClO4. The Bertz CT molecular complexity index is 376. The summed E-state index contributed by atoms with van der Waals surface area (Å²) >= 11 is 5.70. The van der Waals surface area contributed by atoms with Crippen LogP contribution in [0.1, 0.15) is 17.3 Å². The molecule has 15 heavy (non-hydrogen) atoms. The summed E-state index contributed by atoms with van der Waals surface area (Å²) in [6.45, 7) is 1.98.